The molecule has 65 heavy (non-hydrogen) atoms. The predicted octanol–water partition coefficient (Wildman–Crippen LogP) is 17.8. The molecule has 0 aliphatic rings. The Morgan fingerprint density at radius 3 is 1.02 bits per heavy atom. The van der Waals surface area contributed by atoms with Crippen LogP contribution in [-0.2, 0) is 28.6 Å². The molecule has 0 radical (unpaired) electrons. The van der Waals surface area contributed by atoms with Crippen molar-refractivity contribution >= 4 is 17.9 Å². The number of allylic oxidation sites excluding steroid dienone is 16. The molecule has 0 unspecified atom stereocenters. The first-order valence-electron chi connectivity index (χ1n) is 26.7. The van der Waals surface area contributed by atoms with Crippen LogP contribution >= 0.6 is 0 Å². The van der Waals surface area contributed by atoms with Gasteiger partial charge in [0, 0.05) is 19.3 Å². The Hall–Kier alpha value is -3.67. The molecule has 0 fully saturated rings. The summed E-state index contributed by atoms with van der Waals surface area (Å²) in [5.41, 5.74) is 0. The second-order valence-corrected chi connectivity index (χ2v) is 17.4. The van der Waals surface area contributed by atoms with Crippen molar-refractivity contribution in [3.05, 3.63) is 97.2 Å². The van der Waals surface area contributed by atoms with Crippen LogP contribution in [0.25, 0.3) is 0 Å². The highest BCUT2D eigenvalue weighted by Crippen LogP contribution is 2.12. The Balaban J connectivity index is 4.51. The molecule has 0 aliphatic carbocycles. The Morgan fingerprint density at radius 2 is 0.585 bits per heavy atom. The van der Waals surface area contributed by atoms with E-state index in [1.165, 1.54) is 96.3 Å². The number of hydrogen-bond donors (Lipinski definition) is 0. The number of unbranched alkanes of at least 4 members (excludes halogenated alkanes) is 20. The minimum absolute atomic E-state index is 0.113. The number of ether oxygens (including phenoxy) is 3. The van der Waals surface area contributed by atoms with E-state index in [9.17, 15) is 14.4 Å². The second kappa shape index (κ2) is 52.9. The molecule has 0 aromatic heterocycles. The van der Waals surface area contributed by atoms with E-state index in [1.807, 2.05) is 0 Å². The number of carbonyl (C=O) groups excluding carboxylic acids is 3. The van der Waals surface area contributed by atoms with Gasteiger partial charge in [-0.3, -0.25) is 14.4 Å². The first-order valence-corrected chi connectivity index (χ1v) is 26.7. The Bertz CT molecular complexity index is 1310. The van der Waals surface area contributed by atoms with Crippen molar-refractivity contribution in [1.29, 1.82) is 0 Å². The smallest absolute Gasteiger partial charge is 0.306 e. The van der Waals surface area contributed by atoms with E-state index in [2.05, 4.69) is 118 Å². The number of carbonyl (C=O) groups is 3. The van der Waals surface area contributed by atoms with Crippen molar-refractivity contribution in [2.75, 3.05) is 13.2 Å². The average Bonchev–Trinajstić information content (AvgIpc) is 3.30. The molecule has 0 aromatic rings. The van der Waals surface area contributed by atoms with Crippen molar-refractivity contribution in [3.8, 4) is 0 Å². The van der Waals surface area contributed by atoms with Gasteiger partial charge in [-0.15, -0.1) is 0 Å². The van der Waals surface area contributed by atoms with Crippen molar-refractivity contribution in [2.24, 2.45) is 0 Å². The molecular weight excluding hydrogens is 805 g/mol. The van der Waals surface area contributed by atoms with Gasteiger partial charge >= 0.3 is 17.9 Å². The molecule has 370 valence electrons. The van der Waals surface area contributed by atoms with Crippen molar-refractivity contribution in [3.63, 3.8) is 0 Å². The van der Waals surface area contributed by atoms with E-state index in [0.717, 1.165) is 96.3 Å². The molecule has 1 atom stereocenters. The SMILES string of the molecule is CCCC/C=C\CCCCCCCC(=O)OC[C@@H](COC(=O)CCCCC/C=C\C/C=C\C/C=C\C/C=C\CCCCC)OC(=O)CCC/C=C\C/C=C\C/C=C\CCCCCCCC. The maximum atomic E-state index is 12.8. The number of esters is 3. The van der Waals surface area contributed by atoms with Crippen LogP contribution in [0, 0.1) is 0 Å². The van der Waals surface area contributed by atoms with Crippen LogP contribution in [-0.4, -0.2) is 37.2 Å². The van der Waals surface area contributed by atoms with Gasteiger partial charge in [-0.25, -0.2) is 0 Å². The van der Waals surface area contributed by atoms with Gasteiger partial charge in [-0.1, -0.05) is 201 Å². The Labute approximate surface area is 400 Å². The summed E-state index contributed by atoms with van der Waals surface area (Å²) in [5.74, 6) is -1.01. The van der Waals surface area contributed by atoms with Gasteiger partial charge in [0.1, 0.15) is 13.2 Å². The second-order valence-electron chi connectivity index (χ2n) is 17.4. The summed E-state index contributed by atoms with van der Waals surface area (Å²) in [6.45, 7) is 6.48. The van der Waals surface area contributed by atoms with Crippen molar-refractivity contribution < 1.29 is 28.6 Å². The predicted molar refractivity (Wildman–Crippen MR) is 279 cm³/mol. The lowest BCUT2D eigenvalue weighted by Crippen LogP contribution is -2.30. The third-order valence-electron chi connectivity index (χ3n) is 11.0. The lowest BCUT2D eigenvalue weighted by atomic mass is 10.1. The van der Waals surface area contributed by atoms with Crippen LogP contribution < -0.4 is 0 Å². The summed E-state index contributed by atoms with van der Waals surface area (Å²) in [4.78, 5) is 38.0. The molecule has 0 spiro atoms. The first-order chi connectivity index (χ1) is 32.0. The fourth-order valence-corrected chi connectivity index (χ4v) is 6.95. The minimum atomic E-state index is -0.821. The monoisotopic (exact) mass is 903 g/mol. The van der Waals surface area contributed by atoms with Crippen molar-refractivity contribution in [1.82, 2.24) is 0 Å². The van der Waals surface area contributed by atoms with Gasteiger partial charge in [-0.05, 0) is 116 Å². The number of rotatable bonds is 47. The third kappa shape index (κ3) is 51.2. The zero-order chi connectivity index (χ0) is 47.2. The van der Waals surface area contributed by atoms with Crippen LogP contribution in [0.5, 0.6) is 0 Å². The fraction of sp³-hybridized carbons (Fsp3) is 0.678. The van der Waals surface area contributed by atoms with E-state index >= 15 is 0 Å². The molecule has 6 nitrogen and oxygen atoms in total. The average molecular weight is 903 g/mol. The van der Waals surface area contributed by atoms with Crippen LogP contribution in [0.3, 0.4) is 0 Å². The zero-order valence-electron chi connectivity index (χ0n) is 42.2. The van der Waals surface area contributed by atoms with Crippen LogP contribution in [0.15, 0.2) is 97.2 Å². The molecule has 0 saturated heterocycles. The molecule has 0 aliphatic heterocycles. The van der Waals surface area contributed by atoms with Crippen LogP contribution in [0.4, 0.5) is 0 Å². The summed E-state index contributed by atoms with van der Waals surface area (Å²) < 4.78 is 16.7. The summed E-state index contributed by atoms with van der Waals surface area (Å²) >= 11 is 0. The highest BCUT2D eigenvalue weighted by Gasteiger charge is 2.19. The molecule has 0 bridgehead atoms. The summed E-state index contributed by atoms with van der Waals surface area (Å²) in [5, 5.41) is 0. The Kier molecular flexibility index (Phi) is 50.0. The number of hydrogen-bond acceptors (Lipinski definition) is 6. The maximum Gasteiger partial charge on any atom is 0.306 e. The molecule has 0 aromatic carbocycles. The maximum absolute atomic E-state index is 12.8. The third-order valence-corrected chi connectivity index (χ3v) is 11.0. The van der Waals surface area contributed by atoms with Crippen LogP contribution in [0.1, 0.15) is 239 Å². The molecule has 0 saturated carbocycles. The summed E-state index contributed by atoms with van der Waals surface area (Å²) in [7, 11) is 0. The standard InChI is InChI=1S/C59H98O6/c1-4-7-10-13-16-19-22-24-26-28-29-31-32-34-37-40-43-46-49-52-58(61)64-55-56(54-63-57(60)51-48-45-42-39-36-21-18-15-12-9-6-3)65-59(62)53-50-47-44-41-38-35-33-30-27-25-23-20-17-14-11-8-5-2/h15-16,18-19,24-27,29,31,33-35,37,41,44,56H,4-14,17,20-23,28,30,32,36,38-40,42-43,45-55H2,1-3H3/b18-15-,19-16-,26-24-,27-25-,31-29-,35-33-,37-34-,44-41-/t56-/m0/s1. The largest absolute Gasteiger partial charge is 0.462 e. The molecule has 0 N–H and O–H groups in total. The van der Waals surface area contributed by atoms with Gasteiger partial charge < -0.3 is 14.2 Å². The first kappa shape index (κ1) is 61.3. The van der Waals surface area contributed by atoms with Gasteiger partial charge in [0.25, 0.3) is 0 Å². The summed E-state index contributed by atoms with van der Waals surface area (Å²) in [6, 6.07) is 0. The topological polar surface area (TPSA) is 78.9 Å². The Morgan fingerprint density at radius 1 is 0.308 bits per heavy atom. The van der Waals surface area contributed by atoms with E-state index in [-0.39, 0.29) is 37.5 Å². The molecule has 0 rings (SSSR count). The van der Waals surface area contributed by atoms with E-state index in [1.54, 1.807) is 0 Å². The normalized spacial score (nSPS) is 12.8. The lowest BCUT2D eigenvalue weighted by molar-refractivity contribution is -0.167. The van der Waals surface area contributed by atoms with Gasteiger partial charge in [0.15, 0.2) is 6.10 Å². The molecular formula is C59H98O6. The lowest BCUT2D eigenvalue weighted by Gasteiger charge is -2.18. The quantitative estimate of drug-likeness (QED) is 0.0262. The molecule has 0 heterocycles. The van der Waals surface area contributed by atoms with E-state index in [4.69, 9.17) is 14.2 Å². The van der Waals surface area contributed by atoms with E-state index in [0.29, 0.717) is 19.3 Å². The van der Waals surface area contributed by atoms with Crippen molar-refractivity contribution in [2.45, 2.75) is 245 Å². The molecule has 0 amide bonds. The molecule has 6 heteroatoms. The van der Waals surface area contributed by atoms with Gasteiger partial charge in [0.2, 0.25) is 0 Å². The fourth-order valence-electron chi connectivity index (χ4n) is 6.95. The minimum Gasteiger partial charge on any atom is -0.462 e. The summed E-state index contributed by atoms with van der Waals surface area (Å²) in [6.07, 6.45) is 69.7. The zero-order valence-corrected chi connectivity index (χ0v) is 42.2. The van der Waals surface area contributed by atoms with Gasteiger partial charge in [-0.2, -0.15) is 0 Å². The highest BCUT2D eigenvalue weighted by molar-refractivity contribution is 5.71. The van der Waals surface area contributed by atoms with E-state index < -0.39 is 6.10 Å². The van der Waals surface area contributed by atoms with Gasteiger partial charge in [0.05, 0.1) is 0 Å². The van der Waals surface area contributed by atoms with Crippen LogP contribution in [0.2, 0.25) is 0 Å². The highest BCUT2D eigenvalue weighted by atomic mass is 16.6.